The van der Waals surface area contributed by atoms with Crippen molar-refractivity contribution in [3.63, 3.8) is 0 Å². The van der Waals surface area contributed by atoms with Gasteiger partial charge in [-0.1, -0.05) is 30.3 Å². The van der Waals surface area contributed by atoms with Gasteiger partial charge in [-0.05, 0) is 42.8 Å². The van der Waals surface area contributed by atoms with E-state index in [4.69, 9.17) is 4.74 Å². The summed E-state index contributed by atoms with van der Waals surface area (Å²) in [6.45, 7) is 3.71. The van der Waals surface area contributed by atoms with E-state index < -0.39 is 0 Å². The molecule has 0 unspecified atom stereocenters. The zero-order valence-electron chi connectivity index (χ0n) is 15.4. The third-order valence-electron chi connectivity index (χ3n) is 4.12. The molecule has 0 bridgehead atoms. The number of methoxy groups -OCH3 is 1. The van der Waals surface area contributed by atoms with Gasteiger partial charge in [-0.25, -0.2) is 9.78 Å². The van der Waals surface area contributed by atoms with Crippen LogP contribution in [0.1, 0.15) is 22.8 Å². The summed E-state index contributed by atoms with van der Waals surface area (Å²) in [4.78, 5) is 22.6. The van der Waals surface area contributed by atoms with Gasteiger partial charge in [-0.15, -0.1) is 0 Å². The van der Waals surface area contributed by atoms with Crippen molar-refractivity contribution in [2.75, 3.05) is 23.9 Å². The van der Waals surface area contributed by atoms with E-state index in [2.05, 4.69) is 39.2 Å². The Morgan fingerprint density at radius 1 is 1.07 bits per heavy atom. The lowest BCUT2D eigenvalue weighted by Gasteiger charge is -2.22. The normalized spacial score (nSPS) is 10.3. The molecule has 27 heavy (non-hydrogen) atoms. The lowest BCUT2D eigenvalue weighted by Crippen LogP contribution is -2.23. The Balaban J connectivity index is 1.73. The fourth-order valence-corrected chi connectivity index (χ4v) is 2.68. The molecule has 6 heteroatoms. The quantitative estimate of drug-likeness (QED) is 0.640. The summed E-state index contributed by atoms with van der Waals surface area (Å²) in [5.41, 5.74) is 2.52. The van der Waals surface area contributed by atoms with Crippen LogP contribution in [-0.4, -0.2) is 29.6 Å². The number of hydrogen-bond donors (Lipinski definition) is 1. The van der Waals surface area contributed by atoms with Gasteiger partial charge in [0.1, 0.15) is 5.82 Å². The van der Waals surface area contributed by atoms with Gasteiger partial charge in [0.15, 0.2) is 0 Å². The van der Waals surface area contributed by atoms with Crippen molar-refractivity contribution < 1.29 is 9.53 Å². The highest BCUT2D eigenvalue weighted by molar-refractivity contribution is 5.89. The van der Waals surface area contributed by atoms with Crippen LogP contribution >= 0.6 is 0 Å². The molecule has 138 valence electrons. The molecule has 0 aliphatic heterocycles. The summed E-state index contributed by atoms with van der Waals surface area (Å²) >= 11 is 0. The first-order chi connectivity index (χ1) is 13.2. The minimum absolute atomic E-state index is 0.362. The number of hydrogen-bond acceptors (Lipinski definition) is 6. The molecule has 0 aliphatic rings. The van der Waals surface area contributed by atoms with E-state index in [9.17, 15) is 4.79 Å². The van der Waals surface area contributed by atoms with Gasteiger partial charge in [0.25, 0.3) is 0 Å². The zero-order valence-corrected chi connectivity index (χ0v) is 15.4. The predicted octanol–water partition coefficient (Wildman–Crippen LogP) is 4.03. The third-order valence-corrected chi connectivity index (χ3v) is 4.12. The molecule has 1 N–H and O–H groups in total. The topological polar surface area (TPSA) is 67.4 Å². The van der Waals surface area contributed by atoms with Crippen LogP contribution in [0.5, 0.6) is 0 Å². The van der Waals surface area contributed by atoms with Gasteiger partial charge in [-0.2, -0.15) is 4.98 Å². The second-order valence-electron chi connectivity index (χ2n) is 5.93. The van der Waals surface area contributed by atoms with Crippen molar-refractivity contribution in [2.45, 2.75) is 13.5 Å². The van der Waals surface area contributed by atoms with Gasteiger partial charge in [0.2, 0.25) is 5.95 Å². The maximum absolute atomic E-state index is 11.5. The number of esters is 1. The van der Waals surface area contributed by atoms with Crippen molar-refractivity contribution in [3.05, 3.63) is 78.0 Å². The molecule has 0 saturated heterocycles. The van der Waals surface area contributed by atoms with Crippen LogP contribution in [0.15, 0.2) is 66.9 Å². The molecule has 0 aliphatic carbocycles. The Bertz CT molecular complexity index is 882. The largest absolute Gasteiger partial charge is 0.465 e. The first-order valence-electron chi connectivity index (χ1n) is 8.77. The molecule has 3 rings (SSSR count). The Morgan fingerprint density at radius 2 is 1.81 bits per heavy atom. The molecular weight excluding hydrogens is 340 g/mol. The molecule has 0 radical (unpaired) electrons. The predicted molar refractivity (Wildman–Crippen MR) is 106 cm³/mol. The Hall–Kier alpha value is -3.41. The minimum atomic E-state index is -0.362. The monoisotopic (exact) mass is 362 g/mol. The summed E-state index contributed by atoms with van der Waals surface area (Å²) in [7, 11) is 1.36. The van der Waals surface area contributed by atoms with Crippen LogP contribution < -0.4 is 10.2 Å². The van der Waals surface area contributed by atoms with Gasteiger partial charge in [0.05, 0.1) is 12.7 Å². The summed E-state index contributed by atoms with van der Waals surface area (Å²) in [5, 5.41) is 3.17. The van der Waals surface area contributed by atoms with Crippen molar-refractivity contribution >= 4 is 23.4 Å². The van der Waals surface area contributed by atoms with E-state index in [1.54, 1.807) is 30.5 Å². The number of aromatic nitrogens is 2. The Morgan fingerprint density at radius 3 is 2.48 bits per heavy atom. The number of carbonyl (C=O) groups is 1. The van der Waals surface area contributed by atoms with Crippen LogP contribution in [0.4, 0.5) is 17.5 Å². The SMILES string of the molecule is CCN(Cc1ccccc1)c1ccnc(Nc2ccc(C(=O)OC)cc2)n1. The van der Waals surface area contributed by atoms with Crippen LogP contribution in [0, 0.1) is 0 Å². The van der Waals surface area contributed by atoms with Crippen molar-refractivity contribution in [2.24, 2.45) is 0 Å². The fourth-order valence-electron chi connectivity index (χ4n) is 2.68. The second kappa shape index (κ2) is 8.80. The number of ether oxygens (including phenoxy) is 1. The fraction of sp³-hybridized carbons (Fsp3) is 0.190. The lowest BCUT2D eigenvalue weighted by atomic mass is 10.2. The molecule has 1 aromatic heterocycles. The first kappa shape index (κ1) is 18.4. The number of carbonyl (C=O) groups excluding carboxylic acids is 1. The summed E-state index contributed by atoms with van der Waals surface area (Å²) in [6, 6.07) is 19.2. The molecule has 2 aromatic carbocycles. The number of nitrogens with one attached hydrogen (secondary N) is 1. The van der Waals surface area contributed by atoms with E-state index >= 15 is 0 Å². The van der Waals surface area contributed by atoms with E-state index in [-0.39, 0.29) is 5.97 Å². The summed E-state index contributed by atoms with van der Waals surface area (Å²) in [6.07, 6.45) is 1.74. The van der Waals surface area contributed by atoms with Crippen LogP contribution in [-0.2, 0) is 11.3 Å². The molecule has 0 fully saturated rings. The van der Waals surface area contributed by atoms with E-state index in [1.165, 1.54) is 12.7 Å². The molecule has 1 heterocycles. The molecule has 0 amide bonds. The minimum Gasteiger partial charge on any atom is -0.465 e. The highest BCUT2D eigenvalue weighted by Crippen LogP contribution is 2.19. The first-order valence-corrected chi connectivity index (χ1v) is 8.77. The van der Waals surface area contributed by atoms with Gasteiger partial charge in [-0.3, -0.25) is 0 Å². The van der Waals surface area contributed by atoms with Crippen molar-refractivity contribution in [1.82, 2.24) is 9.97 Å². The van der Waals surface area contributed by atoms with Crippen LogP contribution in [0.25, 0.3) is 0 Å². The molecule has 3 aromatic rings. The Kier molecular flexibility index (Phi) is 5.99. The zero-order chi connectivity index (χ0) is 19.1. The van der Waals surface area contributed by atoms with Crippen LogP contribution in [0.3, 0.4) is 0 Å². The van der Waals surface area contributed by atoms with Gasteiger partial charge < -0.3 is 15.0 Å². The van der Waals surface area contributed by atoms with Crippen molar-refractivity contribution in [1.29, 1.82) is 0 Å². The highest BCUT2D eigenvalue weighted by Gasteiger charge is 2.09. The smallest absolute Gasteiger partial charge is 0.337 e. The Labute approximate surface area is 158 Å². The lowest BCUT2D eigenvalue weighted by molar-refractivity contribution is 0.0601. The van der Waals surface area contributed by atoms with E-state index in [0.29, 0.717) is 11.5 Å². The molecule has 0 saturated carbocycles. The average molecular weight is 362 g/mol. The number of anilines is 3. The standard InChI is InChI=1S/C21H22N4O2/c1-3-25(15-16-7-5-4-6-8-16)19-13-14-22-21(24-19)23-18-11-9-17(10-12-18)20(26)27-2/h4-14H,3,15H2,1-2H3,(H,22,23,24). The second-order valence-corrected chi connectivity index (χ2v) is 5.93. The number of rotatable bonds is 7. The maximum Gasteiger partial charge on any atom is 0.337 e. The number of nitrogens with zero attached hydrogens (tertiary/aromatic N) is 3. The highest BCUT2D eigenvalue weighted by atomic mass is 16.5. The summed E-state index contributed by atoms with van der Waals surface area (Å²) in [5.74, 6) is 0.995. The summed E-state index contributed by atoms with van der Waals surface area (Å²) < 4.78 is 4.71. The maximum atomic E-state index is 11.5. The molecular formula is C21H22N4O2. The van der Waals surface area contributed by atoms with Gasteiger partial charge >= 0.3 is 5.97 Å². The molecule has 6 nitrogen and oxygen atoms in total. The van der Waals surface area contributed by atoms with E-state index in [0.717, 1.165) is 24.6 Å². The average Bonchev–Trinajstić information content (AvgIpc) is 2.73. The third kappa shape index (κ3) is 4.82. The van der Waals surface area contributed by atoms with Crippen LogP contribution in [0.2, 0.25) is 0 Å². The van der Waals surface area contributed by atoms with Crippen molar-refractivity contribution in [3.8, 4) is 0 Å². The van der Waals surface area contributed by atoms with Gasteiger partial charge in [0, 0.05) is 25.0 Å². The number of benzene rings is 2. The molecule has 0 atom stereocenters. The molecule has 0 spiro atoms. The van der Waals surface area contributed by atoms with E-state index in [1.807, 2.05) is 24.3 Å².